The summed E-state index contributed by atoms with van der Waals surface area (Å²) in [6.45, 7) is 8.90. The number of piperidine rings is 1. The Morgan fingerprint density at radius 3 is 2.79 bits per heavy atom. The number of aliphatic carboxylic acids is 1. The first-order valence-corrected chi connectivity index (χ1v) is 7.66. The van der Waals surface area contributed by atoms with E-state index in [9.17, 15) is 9.90 Å². The lowest BCUT2D eigenvalue weighted by atomic mass is 9.90. The van der Waals surface area contributed by atoms with Crippen LogP contribution in [0.3, 0.4) is 0 Å². The van der Waals surface area contributed by atoms with Crippen LogP contribution < -0.4 is 4.90 Å². The second-order valence-corrected chi connectivity index (χ2v) is 6.97. The van der Waals surface area contributed by atoms with Crippen molar-refractivity contribution < 1.29 is 9.90 Å². The van der Waals surface area contributed by atoms with Crippen molar-refractivity contribution in [3.63, 3.8) is 0 Å². The molecule has 2 atom stereocenters. The second kappa shape index (κ2) is 5.12. The molecular formula is C14H22N2O2S. The minimum atomic E-state index is -0.917. The number of hydrogen-bond acceptors (Lipinski definition) is 4. The van der Waals surface area contributed by atoms with Crippen LogP contribution in [0.1, 0.15) is 46.2 Å². The monoisotopic (exact) mass is 282 g/mol. The molecule has 5 heteroatoms. The first-order chi connectivity index (χ1) is 8.82. The molecule has 0 radical (unpaired) electrons. The quantitative estimate of drug-likeness (QED) is 0.925. The van der Waals surface area contributed by atoms with E-state index in [1.807, 2.05) is 5.38 Å². The average molecular weight is 282 g/mol. The van der Waals surface area contributed by atoms with E-state index in [1.165, 1.54) is 12.8 Å². The zero-order valence-electron chi connectivity index (χ0n) is 12.0. The highest BCUT2D eigenvalue weighted by atomic mass is 32.1. The summed E-state index contributed by atoms with van der Waals surface area (Å²) in [7, 11) is 0. The summed E-state index contributed by atoms with van der Waals surface area (Å²) in [4.78, 5) is 18.2. The van der Waals surface area contributed by atoms with Gasteiger partial charge in [-0.25, -0.2) is 4.98 Å². The fourth-order valence-electron chi connectivity index (χ4n) is 2.35. The summed E-state index contributed by atoms with van der Waals surface area (Å²) >= 11 is 1.56. The molecule has 1 fully saturated rings. The number of hydrogen-bond donors (Lipinski definition) is 1. The summed E-state index contributed by atoms with van der Waals surface area (Å²) in [6.07, 6.45) is 2.44. The molecule has 1 aliphatic rings. The van der Waals surface area contributed by atoms with Gasteiger partial charge in [0.15, 0.2) is 5.13 Å². The number of anilines is 1. The van der Waals surface area contributed by atoms with Gasteiger partial charge in [0.05, 0.1) is 5.69 Å². The van der Waals surface area contributed by atoms with Crippen LogP contribution in [0, 0.1) is 5.92 Å². The Bertz CT molecular complexity index is 470. The lowest BCUT2D eigenvalue weighted by Gasteiger charge is -2.36. The van der Waals surface area contributed by atoms with Gasteiger partial charge >= 0.3 is 5.97 Å². The van der Waals surface area contributed by atoms with E-state index in [2.05, 4.69) is 23.7 Å². The minimum Gasteiger partial charge on any atom is -0.481 e. The molecule has 0 aromatic carbocycles. The Kier molecular flexibility index (Phi) is 3.85. The fraction of sp³-hybridized carbons (Fsp3) is 0.714. The maximum absolute atomic E-state index is 11.3. The van der Waals surface area contributed by atoms with Gasteiger partial charge in [-0.05, 0) is 39.5 Å². The lowest BCUT2D eigenvalue weighted by Crippen LogP contribution is -2.41. The SMILES string of the molecule is CC1CCC(C)N(c2nc(C(C)(C)C(=O)O)cs2)C1. The maximum Gasteiger partial charge on any atom is 0.315 e. The third-order valence-electron chi connectivity index (χ3n) is 4.03. The van der Waals surface area contributed by atoms with Crippen molar-refractivity contribution in [1.82, 2.24) is 4.98 Å². The Balaban J connectivity index is 2.23. The van der Waals surface area contributed by atoms with Crippen molar-refractivity contribution in [1.29, 1.82) is 0 Å². The highest BCUT2D eigenvalue weighted by molar-refractivity contribution is 7.13. The molecule has 2 rings (SSSR count). The normalized spacial score (nSPS) is 24.5. The summed E-state index contributed by atoms with van der Waals surface area (Å²) in [5.74, 6) is -0.152. The third kappa shape index (κ3) is 2.76. The number of nitrogens with zero attached hydrogens (tertiary/aromatic N) is 2. The van der Waals surface area contributed by atoms with Gasteiger partial charge < -0.3 is 10.0 Å². The van der Waals surface area contributed by atoms with E-state index in [0.717, 1.165) is 11.7 Å². The van der Waals surface area contributed by atoms with Crippen molar-refractivity contribution in [3.05, 3.63) is 11.1 Å². The Hall–Kier alpha value is -1.10. The lowest BCUT2D eigenvalue weighted by molar-refractivity contribution is -0.142. The van der Waals surface area contributed by atoms with Crippen molar-refractivity contribution in [2.75, 3.05) is 11.4 Å². The predicted molar refractivity (Wildman–Crippen MR) is 78.0 cm³/mol. The molecule has 0 saturated carbocycles. The average Bonchev–Trinajstić information content (AvgIpc) is 2.82. The van der Waals surface area contributed by atoms with Crippen molar-refractivity contribution in [2.45, 2.75) is 52.0 Å². The number of carbonyl (C=O) groups is 1. The molecule has 19 heavy (non-hydrogen) atoms. The van der Waals surface area contributed by atoms with Gasteiger partial charge in [0, 0.05) is 18.0 Å². The van der Waals surface area contributed by atoms with Gasteiger partial charge in [-0.3, -0.25) is 4.79 Å². The molecule has 2 heterocycles. The van der Waals surface area contributed by atoms with E-state index < -0.39 is 11.4 Å². The molecule has 0 spiro atoms. The van der Waals surface area contributed by atoms with Gasteiger partial charge in [0.2, 0.25) is 0 Å². The molecule has 2 unspecified atom stereocenters. The Morgan fingerprint density at radius 2 is 2.16 bits per heavy atom. The first kappa shape index (κ1) is 14.3. The molecule has 0 aliphatic carbocycles. The van der Waals surface area contributed by atoms with Crippen molar-refractivity contribution in [2.24, 2.45) is 5.92 Å². The van der Waals surface area contributed by atoms with Gasteiger partial charge in [-0.1, -0.05) is 6.92 Å². The Morgan fingerprint density at radius 1 is 1.47 bits per heavy atom. The van der Waals surface area contributed by atoms with E-state index in [4.69, 9.17) is 0 Å². The molecule has 0 bridgehead atoms. The number of thiazole rings is 1. The molecule has 1 saturated heterocycles. The smallest absolute Gasteiger partial charge is 0.315 e. The van der Waals surface area contributed by atoms with E-state index in [0.29, 0.717) is 17.7 Å². The molecule has 1 aliphatic heterocycles. The molecule has 1 aromatic heterocycles. The van der Waals surface area contributed by atoms with E-state index in [1.54, 1.807) is 25.2 Å². The zero-order chi connectivity index (χ0) is 14.2. The van der Waals surface area contributed by atoms with Crippen LogP contribution in [0.2, 0.25) is 0 Å². The third-order valence-corrected chi connectivity index (χ3v) is 4.91. The zero-order valence-corrected chi connectivity index (χ0v) is 12.8. The second-order valence-electron chi connectivity index (χ2n) is 6.13. The number of rotatable bonds is 3. The van der Waals surface area contributed by atoms with Crippen molar-refractivity contribution >= 4 is 22.4 Å². The van der Waals surface area contributed by atoms with Crippen LogP contribution >= 0.6 is 11.3 Å². The molecule has 4 nitrogen and oxygen atoms in total. The van der Waals surface area contributed by atoms with Crippen LogP contribution in [0.5, 0.6) is 0 Å². The van der Waals surface area contributed by atoms with E-state index in [-0.39, 0.29) is 0 Å². The highest BCUT2D eigenvalue weighted by Gasteiger charge is 2.33. The van der Waals surface area contributed by atoms with Gasteiger partial charge in [0.1, 0.15) is 5.41 Å². The van der Waals surface area contributed by atoms with Crippen LogP contribution in [-0.4, -0.2) is 28.6 Å². The first-order valence-electron chi connectivity index (χ1n) is 6.78. The van der Waals surface area contributed by atoms with Crippen molar-refractivity contribution in [3.8, 4) is 0 Å². The summed E-state index contributed by atoms with van der Waals surface area (Å²) < 4.78 is 0. The predicted octanol–water partition coefficient (Wildman–Crippen LogP) is 3.13. The molecule has 106 valence electrons. The summed E-state index contributed by atoms with van der Waals surface area (Å²) in [5.41, 5.74) is -0.259. The van der Waals surface area contributed by atoms with Gasteiger partial charge in [-0.2, -0.15) is 0 Å². The fourth-order valence-corrected chi connectivity index (χ4v) is 3.45. The number of carboxylic acid groups (broad SMARTS) is 1. The van der Waals surface area contributed by atoms with Crippen LogP contribution in [0.25, 0.3) is 0 Å². The summed E-state index contributed by atoms with van der Waals surface area (Å²) in [6, 6.07) is 0.489. The molecule has 1 N–H and O–H groups in total. The Labute approximate surface area is 118 Å². The maximum atomic E-state index is 11.3. The topological polar surface area (TPSA) is 53.4 Å². The van der Waals surface area contributed by atoms with Gasteiger partial charge in [-0.15, -0.1) is 11.3 Å². The molecular weight excluding hydrogens is 260 g/mol. The standard InChI is InChI=1S/C14H22N2O2S/c1-9-5-6-10(2)16(7-9)13-15-11(8-19-13)14(3,4)12(17)18/h8-10H,5-7H2,1-4H3,(H,17,18). The number of aromatic nitrogens is 1. The molecule has 1 aromatic rings. The van der Waals surface area contributed by atoms with E-state index >= 15 is 0 Å². The van der Waals surface area contributed by atoms with Gasteiger partial charge in [0.25, 0.3) is 0 Å². The number of carboxylic acids is 1. The summed E-state index contributed by atoms with van der Waals surface area (Å²) in [5, 5.41) is 12.1. The van der Waals surface area contributed by atoms with Crippen LogP contribution in [-0.2, 0) is 10.2 Å². The largest absolute Gasteiger partial charge is 0.481 e. The molecule has 0 amide bonds. The van der Waals surface area contributed by atoms with Crippen LogP contribution in [0.4, 0.5) is 5.13 Å². The highest BCUT2D eigenvalue weighted by Crippen LogP contribution is 2.33. The minimum absolute atomic E-state index is 0.489. The van der Waals surface area contributed by atoms with Crippen LogP contribution in [0.15, 0.2) is 5.38 Å².